The van der Waals surface area contributed by atoms with Gasteiger partial charge in [0.2, 0.25) is 0 Å². The Bertz CT molecular complexity index is 399. The fourth-order valence-corrected chi connectivity index (χ4v) is 2.34. The minimum Gasteiger partial charge on any atom is -0.388 e. The Morgan fingerprint density at radius 2 is 1.89 bits per heavy atom. The molecule has 2 rings (SSSR count). The largest absolute Gasteiger partial charge is 0.388 e. The van der Waals surface area contributed by atoms with E-state index >= 15 is 0 Å². The normalized spacial score (nSPS) is 19.4. The highest BCUT2D eigenvalue weighted by Gasteiger charge is 2.32. The summed E-state index contributed by atoms with van der Waals surface area (Å²) in [6.07, 6.45) is 2.25. The molecule has 0 aliphatic heterocycles. The number of nitrogens with one attached hydrogen (secondary N) is 1. The van der Waals surface area contributed by atoms with Gasteiger partial charge >= 0.3 is 0 Å². The topological polar surface area (TPSA) is 69.6 Å². The van der Waals surface area contributed by atoms with Gasteiger partial charge in [-0.15, -0.1) is 0 Å². The molecule has 1 aliphatic rings. The van der Waals surface area contributed by atoms with Crippen LogP contribution in [0.5, 0.6) is 0 Å². The van der Waals surface area contributed by atoms with E-state index in [0.29, 0.717) is 18.4 Å². The van der Waals surface area contributed by atoms with Gasteiger partial charge in [-0.3, -0.25) is 4.79 Å². The molecule has 0 aromatic heterocycles. The van der Waals surface area contributed by atoms with E-state index in [1.807, 2.05) is 6.07 Å². The Morgan fingerprint density at radius 3 is 2.50 bits per heavy atom. The first-order valence-corrected chi connectivity index (χ1v) is 6.34. The number of aliphatic hydroxyl groups is 2. The predicted molar refractivity (Wildman–Crippen MR) is 67.8 cm³/mol. The number of benzene rings is 1. The maximum absolute atomic E-state index is 11.8. The van der Waals surface area contributed by atoms with Crippen LogP contribution in [0, 0.1) is 0 Å². The second-order valence-corrected chi connectivity index (χ2v) is 4.96. The first-order chi connectivity index (χ1) is 8.61. The number of carbonyl (C=O) groups is 1. The van der Waals surface area contributed by atoms with Crippen LogP contribution in [-0.4, -0.2) is 28.3 Å². The lowest BCUT2D eigenvalue weighted by Crippen LogP contribution is -2.42. The summed E-state index contributed by atoms with van der Waals surface area (Å²) in [6.45, 7) is 0.218. The van der Waals surface area contributed by atoms with Crippen molar-refractivity contribution in [2.45, 2.75) is 37.4 Å². The fraction of sp³-hybridized carbons (Fsp3) is 0.500. The summed E-state index contributed by atoms with van der Waals surface area (Å²) in [5.74, 6) is -0.457. The third-order valence-electron chi connectivity index (χ3n) is 3.49. The van der Waals surface area contributed by atoms with Crippen LogP contribution in [0.2, 0.25) is 0 Å². The smallest absolute Gasteiger partial charge is 0.253 e. The highest BCUT2D eigenvalue weighted by molar-refractivity contribution is 5.81. The zero-order chi connectivity index (χ0) is 13.0. The number of hydrogen-bond acceptors (Lipinski definition) is 3. The molecule has 0 bridgehead atoms. The molecule has 0 spiro atoms. The van der Waals surface area contributed by atoms with Crippen molar-refractivity contribution in [2.24, 2.45) is 0 Å². The van der Waals surface area contributed by atoms with Crippen molar-refractivity contribution in [1.82, 2.24) is 5.32 Å². The molecular formula is C14H19NO3. The summed E-state index contributed by atoms with van der Waals surface area (Å²) in [7, 11) is 0. The number of aliphatic hydroxyl groups excluding tert-OH is 1. The van der Waals surface area contributed by atoms with Gasteiger partial charge in [-0.1, -0.05) is 43.2 Å². The van der Waals surface area contributed by atoms with Crippen LogP contribution in [0.3, 0.4) is 0 Å². The fourth-order valence-electron chi connectivity index (χ4n) is 2.34. The van der Waals surface area contributed by atoms with E-state index in [1.165, 1.54) is 0 Å². The summed E-state index contributed by atoms with van der Waals surface area (Å²) >= 11 is 0. The van der Waals surface area contributed by atoms with Crippen LogP contribution in [0.1, 0.15) is 37.4 Å². The molecule has 1 aromatic carbocycles. The van der Waals surface area contributed by atoms with E-state index in [1.54, 1.807) is 24.3 Å². The van der Waals surface area contributed by atoms with Crippen LogP contribution in [0.4, 0.5) is 0 Å². The average Bonchev–Trinajstić information content (AvgIpc) is 2.83. The molecule has 4 nitrogen and oxygen atoms in total. The van der Waals surface area contributed by atoms with Gasteiger partial charge in [0, 0.05) is 6.54 Å². The predicted octanol–water partition coefficient (Wildman–Crippen LogP) is 1.14. The summed E-state index contributed by atoms with van der Waals surface area (Å²) in [5, 5.41) is 22.6. The Balaban J connectivity index is 1.88. The maximum Gasteiger partial charge on any atom is 0.253 e. The molecule has 1 saturated carbocycles. The zero-order valence-corrected chi connectivity index (χ0v) is 10.3. The summed E-state index contributed by atoms with van der Waals surface area (Å²) in [4.78, 5) is 11.8. The molecule has 1 aromatic rings. The van der Waals surface area contributed by atoms with Gasteiger partial charge in [0.25, 0.3) is 5.91 Å². The highest BCUT2D eigenvalue weighted by atomic mass is 16.3. The minimum atomic E-state index is -1.17. The second kappa shape index (κ2) is 5.50. The monoisotopic (exact) mass is 249 g/mol. The quantitative estimate of drug-likeness (QED) is 0.749. The molecular weight excluding hydrogens is 230 g/mol. The van der Waals surface area contributed by atoms with E-state index in [-0.39, 0.29) is 6.54 Å². The highest BCUT2D eigenvalue weighted by Crippen LogP contribution is 2.28. The second-order valence-electron chi connectivity index (χ2n) is 4.96. The standard InChI is InChI=1S/C14H19NO3/c16-12(11-6-2-1-3-7-11)13(17)15-10-14(18)8-4-5-9-14/h1-3,6-7,12,16,18H,4-5,8-10H2,(H,15,17). The molecule has 98 valence electrons. The molecule has 1 atom stereocenters. The van der Waals surface area contributed by atoms with Crippen molar-refractivity contribution < 1.29 is 15.0 Å². The zero-order valence-electron chi connectivity index (χ0n) is 10.3. The maximum atomic E-state index is 11.8. The van der Waals surface area contributed by atoms with Crippen molar-refractivity contribution in [3.63, 3.8) is 0 Å². The molecule has 18 heavy (non-hydrogen) atoms. The van der Waals surface area contributed by atoms with E-state index < -0.39 is 17.6 Å². The van der Waals surface area contributed by atoms with E-state index in [0.717, 1.165) is 12.8 Å². The lowest BCUT2D eigenvalue weighted by Gasteiger charge is -2.23. The lowest BCUT2D eigenvalue weighted by atomic mass is 10.0. The number of hydrogen-bond donors (Lipinski definition) is 3. The Labute approximate surface area is 107 Å². The number of amides is 1. The molecule has 0 saturated heterocycles. The number of carbonyl (C=O) groups excluding carboxylic acids is 1. The summed E-state index contributed by atoms with van der Waals surface area (Å²) in [5.41, 5.74) is -0.222. The first kappa shape index (κ1) is 13.1. The van der Waals surface area contributed by atoms with Crippen molar-refractivity contribution in [1.29, 1.82) is 0 Å². The average molecular weight is 249 g/mol. The molecule has 1 fully saturated rings. The van der Waals surface area contributed by atoms with Gasteiger partial charge in [0.15, 0.2) is 6.10 Å². The van der Waals surface area contributed by atoms with E-state index in [9.17, 15) is 15.0 Å². The Hall–Kier alpha value is -1.39. The molecule has 3 N–H and O–H groups in total. The summed E-state index contributed by atoms with van der Waals surface area (Å²) in [6, 6.07) is 8.78. The van der Waals surface area contributed by atoms with Crippen molar-refractivity contribution >= 4 is 5.91 Å². The third-order valence-corrected chi connectivity index (χ3v) is 3.49. The van der Waals surface area contributed by atoms with Gasteiger partial charge in [0.05, 0.1) is 5.60 Å². The first-order valence-electron chi connectivity index (χ1n) is 6.34. The molecule has 0 radical (unpaired) electrons. The van der Waals surface area contributed by atoms with Gasteiger partial charge in [-0.05, 0) is 18.4 Å². The van der Waals surface area contributed by atoms with Gasteiger partial charge < -0.3 is 15.5 Å². The number of rotatable bonds is 4. The molecule has 1 aliphatic carbocycles. The van der Waals surface area contributed by atoms with Crippen LogP contribution in [-0.2, 0) is 4.79 Å². The Morgan fingerprint density at radius 1 is 1.28 bits per heavy atom. The van der Waals surface area contributed by atoms with Crippen LogP contribution in [0.15, 0.2) is 30.3 Å². The van der Waals surface area contributed by atoms with Crippen molar-refractivity contribution in [3.05, 3.63) is 35.9 Å². The Kier molecular flexibility index (Phi) is 3.99. The van der Waals surface area contributed by atoms with Crippen LogP contribution < -0.4 is 5.32 Å². The molecule has 1 unspecified atom stereocenters. The van der Waals surface area contributed by atoms with Crippen molar-refractivity contribution in [2.75, 3.05) is 6.54 Å². The minimum absolute atomic E-state index is 0.218. The summed E-state index contributed by atoms with van der Waals surface area (Å²) < 4.78 is 0. The van der Waals surface area contributed by atoms with E-state index in [4.69, 9.17) is 0 Å². The third kappa shape index (κ3) is 3.09. The van der Waals surface area contributed by atoms with Gasteiger partial charge in [-0.25, -0.2) is 0 Å². The van der Waals surface area contributed by atoms with Crippen molar-refractivity contribution in [3.8, 4) is 0 Å². The van der Waals surface area contributed by atoms with Gasteiger partial charge in [0.1, 0.15) is 0 Å². The van der Waals surface area contributed by atoms with E-state index in [2.05, 4.69) is 5.32 Å². The van der Waals surface area contributed by atoms with Gasteiger partial charge in [-0.2, -0.15) is 0 Å². The SMILES string of the molecule is O=C(NCC1(O)CCCC1)C(O)c1ccccc1. The molecule has 1 amide bonds. The van der Waals surface area contributed by atoms with Crippen LogP contribution >= 0.6 is 0 Å². The van der Waals surface area contributed by atoms with Crippen LogP contribution in [0.25, 0.3) is 0 Å². The molecule has 0 heterocycles. The molecule has 4 heteroatoms. The lowest BCUT2D eigenvalue weighted by molar-refractivity contribution is -0.130.